The van der Waals surface area contributed by atoms with Crippen molar-refractivity contribution in [2.24, 2.45) is 11.8 Å². The van der Waals surface area contributed by atoms with Crippen molar-refractivity contribution in [1.82, 2.24) is 9.97 Å². The highest BCUT2D eigenvalue weighted by molar-refractivity contribution is 6.00. The van der Waals surface area contributed by atoms with Crippen LogP contribution in [0.3, 0.4) is 0 Å². The molecule has 4 bridgehead atoms. The minimum atomic E-state index is 0.179. The van der Waals surface area contributed by atoms with Crippen LogP contribution in [0.25, 0.3) is 77.3 Å². The summed E-state index contributed by atoms with van der Waals surface area (Å²) in [5, 5.41) is 16.6. The molecule has 4 aliphatic rings. The molecule has 4 fully saturated rings. The first-order valence-electron chi connectivity index (χ1n) is 21.5. The molecule has 0 amide bonds. The van der Waals surface area contributed by atoms with Crippen molar-refractivity contribution in [2.75, 3.05) is 0 Å². The quantitative estimate of drug-likeness (QED) is 0.169. The summed E-state index contributed by atoms with van der Waals surface area (Å²) in [5.74, 6) is 2.25. The summed E-state index contributed by atoms with van der Waals surface area (Å²) in [4.78, 5) is 10.6. The molecular weight excluding hydrogens is 727 g/mol. The van der Waals surface area contributed by atoms with Crippen LogP contribution >= 0.6 is 0 Å². The van der Waals surface area contributed by atoms with Crippen LogP contribution in [0.15, 0.2) is 176 Å². The van der Waals surface area contributed by atoms with Crippen LogP contribution in [0.1, 0.15) is 55.2 Å². The zero-order chi connectivity index (χ0) is 39.8. The van der Waals surface area contributed by atoms with Gasteiger partial charge in [-0.2, -0.15) is 5.26 Å². The third kappa shape index (κ3) is 5.62. The molecule has 0 aliphatic heterocycles. The number of rotatable bonds is 6. The van der Waals surface area contributed by atoms with E-state index >= 15 is 0 Å². The lowest BCUT2D eigenvalue weighted by Gasteiger charge is -2.63. The van der Waals surface area contributed by atoms with Gasteiger partial charge in [0.05, 0.1) is 23.0 Å². The zero-order valence-corrected chi connectivity index (χ0v) is 33.5. The second-order valence-corrected chi connectivity index (χ2v) is 18.0. The summed E-state index contributed by atoms with van der Waals surface area (Å²) < 4.78 is 0. The van der Waals surface area contributed by atoms with Gasteiger partial charge in [0.2, 0.25) is 0 Å². The number of hydrogen-bond acceptors (Lipinski definition) is 3. The van der Waals surface area contributed by atoms with E-state index < -0.39 is 0 Å². The van der Waals surface area contributed by atoms with Crippen molar-refractivity contribution in [3.8, 4) is 51.1 Å². The molecule has 0 spiro atoms. The molecule has 0 saturated heterocycles. The molecule has 1 heterocycles. The highest BCUT2D eigenvalue weighted by Crippen LogP contribution is 2.66. The fourth-order valence-corrected chi connectivity index (χ4v) is 12.3. The minimum Gasteiger partial charge on any atom is -0.228 e. The maximum atomic E-state index is 9.76. The molecule has 1 aromatic heterocycles. The largest absolute Gasteiger partial charge is 0.228 e. The lowest BCUT2D eigenvalue weighted by Crippen LogP contribution is -2.55. The Morgan fingerprint density at radius 1 is 0.450 bits per heavy atom. The van der Waals surface area contributed by atoms with E-state index in [-0.39, 0.29) is 10.8 Å². The molecule has 2 atom stereocenters. The summed E-state index contributed by atoms with van der Waals surface area (Å²) in [6.45, 7) is 0. The second-order valence-electron chi connectivity index (χ2n) is 18.0. The Hall–Kier alpha value is -6.89. The Morgan fingerprint density at radius 2 is 0.950 bits per heavy atom. The van der Waals surface area contributed by atoms with Crippen molar-refractivity contribution in [2.45, 2.75) is 49.4 Å². The van der Waals surface area contributed by atoms with Crippen LogP contribution in [-0.4, -0.2) is 9.97 Å². The molecule has 8 aromatic carbocycles. The van der Waals surface area contributed by atoms with Gasteiger partial charge in [0.1, 0.15) is 0 Å². The molecule has 9 aromatic rings. The predicted octanol–water partition coefficient (Wildman–Crippen LogP) is 14.3. The van der Waals surface area contributed by atoms with Gasteiger partial charge in [-0.25, -0.2) is 9.97 Å². The van der Waals surface area contributed by atoms with Gasteiger partial charge in [0.25, 0.3) is 0 Å². The normalized spacial score (nSPS) is 21.7. The van der Waals surface area contributed by atoms with E-state index in [2.05, 4.69) is 170 Å². The summed E-state index contributed by atoms with van der Waals surface area (Å²) in [7, 11) is 0. The van der Waals surface area contributed by atoms with Crippen LogP contribution in [0.2, 0.25) is 0 Å². The molecular formula is C57H43N3. The topological polar surface area (TPSA) is 49.6 Å². The molecule has 286 valence electrons. The van der Waals surface area contributed by atoms with E-state index in [4.69, 9.17) is 9.97 Å². The summed E-state index contributed by atoms with van der Waals surface area (Å²) in [6, 6.07) is 66.1. The van der Waals surface area contributed by atoms with Gasteiger partial charge in [-0.15, -0.1) is 0 Å². The molecule has 13 rings (SSSR count). The van der Waals surface area contributed by atoms with Gasteiger partial charge in [0.15, 0.2) is 5.82 Å². The van der Waals surface area contributed by atoms with Crippen LogP contribution < -0.4 is 0 Å². The molecule has 3 nitrogen and oxygen atoms in total. The molecule has 0 N–H and O–H groups in total. The van der Waals surface area contributed by atoms with E-state index in [0.717, 1.165) is 67.5 Å². The molecule has 4 aliphatic carbocycles. The van der Waals surface area contributed by atoms with Crippen molar-refractivity contribution in [3.63, 3.8) is 0 Å². The van der Waals surface area contributed by atoms with Gasteiger partial charge >= 0.3 is 0 Å². The van der Waals surface area contributed by atoms with Crippen molar-refractivity contribution in [1.29, 1.82) is 5.26 Å². The summed E-state index contributed by atoms with van der Waals surface area (Å²) in [5.41, 5.74) is 11.7. The maximum absolute atomic E-state index is 9.76. The predicted molar refractivity (Wildman–Crippen MR) is 245 cm³/mol. The Labute approximate surface area is 351 Å². The van der Waals surface area contributed by atoms with Gasteiger partial charge in [0, 0.05) is 22.1 Å². The third-order valence-electron chi connectivity index (χ3n) is 14.5. The molecule has 3 heteroatoms. The van der Waals surface area contributed by atoms with Crippen LogP contribution in [-0.2, 0) is 10.8 Å². The first kappa shape index (κ1) is 35.1. The van der Waals surface area contributed by atoms with E-state index in [0.29, 0.717) is 0 Å². The average Bonchev–Trinajstić information content (AvgIpc) is 3.30. The Morgan fingerprint density at radius 3 is 1.62 bits per heavy atom. The minimum absolute atomic E-state index is 0.179. The van der Waals surface area contributed by atoms with E-state index in [1.54, 1.807) is 0 Å². The smallest absolute Gasteiger partial charge is 0.161 e. The first-order valence-corrected chi connectivity index (χ1v) is 21.5. The van der Waals surface area contributed by atoms with Gasteiger partial charge in [-0.05, 0) is 123 Å². The summed E-state index contributed by atoms with van der Waals surface area (Å²) >= 11 is 0. The van der Waals surface area contributed by atoms with E-state index in [9.17, 15) is 5.26 Å². The molecule has 4 saturated carbocycles. The lowest BCUT2D eigenvalue weighted by molar-refractivity contribution is -0.0281. The van der Waals surface area contributed by atoms with E-state index in [1.165, 1.54) is 76.9 Å². The molecule has 60 heavy (non-hydrogen) atoms. The molecule has 0 radical (unpaired) electrons. The lowest BCUT2D eigenvalue weighted by atomic mass is 9.41. The molecule has 2 unspecified atom stereocenters. The highest BCUT2D eigenvalue weighted by atomic mass is 14.9. The first-order chi connectivity index (χ1) is 29.5. The van der Waals surface area contributed by atoms with Crippen molar-refractivity contribution in [3.05, 3.63) is 193 Å². The number of benzene rings is 8. The number of fused-ring (bicyclic) bond motifs is 3. The van der Waals surface area contributed by atoms with E-state index in [1.807, 2.05) is 12.1 Å². The second kappa shape index (κ2) is 13.6. The monoisotopic (exact) mass is 769 g/mol. The van der Waals surface area contributed by atoms with Gasteiger partial charge in [-0.3, -0.25) is 0 Å². The zero-order valence-electron chi connectivity index (χ0n) is 33.5. The van der Waals surface area contributed by atoms with Gasteiger partial charge < -0.3 is 0 Å². The fourth-order valence-electron chi connectivity index (χ4n) is 12.3. The highest BCUT2D eigenvalue weighted by Gasteiger charge is 2.58. The average molecular weight is 770 g/mol. The van der Waals surface area contributed by atoms with Crippen LogP contribution in [0.5, 0.6) is 0 Å². The third-order valence-corrected chi connectivity index (χ3v) is 14.5. The fraction of sp³-hybridized carbons (Fsp3) is 0.175. The summed E-state index contributed by atoms with van der Waals surface area (Å²) in [6.07, 6.45) is 7.71. The van der Waals surface area contributed by atoms with Crippen LogP contribution in [0.4, 0.5) is 0 Å². The number of nitrogens with zero attached hydrogens (tertiary/aromatic N) is 3. The Bertz CT molecular complexity index is 3070. The number of nitriles is 1. The number of hydrogen-bond donors (Lipinski definition) is 0. The maximum Gasteiger partial charge on any atom is 0.161 e. The Kier molecular flexibility index (Phi) is 7.94. The van der Waals surface area contributed by atoms with Gasteiger partial charge in [-0.1, -0.05) is 164 Å². The standard InChI is InChI=1S/C57H43N3/c58-35-43-13-7-18-50-46(16-8-17-49(43)50)41-21-25-44(26-22-41)56-31-37-29-38(32-56)34-57(33-37,36-56)45-27-23-42(24-28-45)53-30-54(51-19-5-11-39-9-1-3-14-47(39)51)60-55(59-53)52-20-6-12-40-10-2-4-15-48(40)52/h1-28,30,37-38H,29,31-34,36H2. The number of aromatic nitrogens is 2. The SMILES string of the molecule is N#Cc1cccc2c(-c3ccc(C45CC6CC(CC(c7ccc(-c8cc(-c9cccc%10ccccc9%10)nc(-c9cccc%10ccccc9%10)n8)cc7)(C6)C4)C5)cc3)cccc12. The Balaban J connectivity index is 0.909. The van der Waals surface area contributed by atoms with Crippen LogP contribution in [0, 0.1) is 23.2 Å². The van der Waals surface area contributed by atoms with Crippen molar-refractivity contribution >= 4 is 32.3 Å². The van der Waals surface area contributed by atoms with Crippen molar-refractivity contribution < 1.29 is 0 Å².